The van der Waals surface area contributed by atoms with Crippen LogP contribution in [0.1, 0.15) is 5.56 Å². The van der Waals surface area contributed by atoms with Crippen LogP contribution >= 0.6 is 23.2 Å². The number of amides is 1. The fourth-order valence-corrected chi connectivity index (χ4v) is 1.80. The Morgan fingerprint density at radius 3 is 2.78 bits per heavy atom. The van der Waals surface area contributed by atoms with Crippen LogP contribution in [0.2, 0.25) is 10.0 Å². The van der Waals surface area contributed by atoms with Gasteiger partial charge in [-0.2, -0.15) is 0 Å². The number of aryl methyl sites for hydroxylation is 1. The van der Waals surface area contributed by atoms with Crippen molar-refractivity contribution in [2.24, 2.45) is 0 Å². The number of hydrogen-bond acceptors (Lipinski definition) is 3. The van der Waals surface area contributed by atoms with Crippen LogP contribution in [0.5, 0.6) is 0 Å². The lowest BCUT2D eigenvalue weighted by atomic mass is 10.2. The molecule has 0 aliphatic heterocycles. The molecule has 6 heteroatoms. The quantitative estimate of drug-likeness (QED) is 0.792. The van der Waals surface area contributed by atoms with Crippen LogP contribution in [-0.2, 0) is 9.53 Å². The Kier molecular flexibility index (Phi) is 6.43. The van der Waals surface area contributed by atoms with E-state index in [1.807, 2.05) is 6.92 Å². The fourth-order valence-electron chi connectivity index (χ4n) is 1.33. The Bertz CT molecular complexity index is 425. The standard InChI is InChI=1S/C12H16Cl2N2O2/c1-8-3-4-9(13)12(11(8)14)16-10(17)7-15-5-6-18-2/h3-4,15H,5-7H2,1-2H3,(H,16,17). The van der Waals surface area contributed by atoms with Gasteiger partial charge in [-0.05, 0) is 18.6 Å². The zero-order chi connectivity index (χ0) is 13.5. The molecule has 0 atom stereocenters. The molecule has 0 radical (unpaired) electrons. The van der Waals surface area contributed by atoms with E-state index in [0.717, 1.165) is 5.56 Å². The minimum absolute atomic E-state index is 0.184. The van der Waals surface area contributed by atoms with Gasteiger partial charge in [0.15, 0.2) is 0 Å². The number of carbonyl (C=O) groups excluding carboxylic acids is 1. The maximum absolute atomic E-state index is 11.7. The van der Waals surface area contributed by atoms with Crippen LogP contribution in [0.25, 0.3) is 0 Å². The molecule has 0 bridgehead atoms. The zero-order valence-corrected chi connectivity index (χ0v) is 11.9. The van der Waals surface area contributed by atoms with Gasteiger partial charge in [-0.25, -0.2) is 0 Å². The molecular weight excluding hydrogens is 275 g/mol. The van der Waals surface area contributed by atoms with Crippen molar-refractivity contribution in [3.8, 4) is 0 Å². The summed E-state index contributed by atoms with van der Waals surface area (Å²) < 4.78 is 4.86. The third-order valence-electron chi connectivity index (χ3n) is 2.32. The lowest BCUT2D eigenvalue weighted by molar-refractivity contribution is -0.115. The number of benzene rings is 1. The lowest BCUT2D eigenvalue weighted by Crippen LogP contribution is -2.30. The zero-order valence-electron chi connectivity index (χ0n) is 10.3. The van der Waals surface area contributed by atoms with E-state index in [1.165, 1.54) is 0 Å². The van der Waals surface area contributed by atoms with Gasteiger partial charge in [0.25, 0.3) is 0 Å². The van der Waals surface area contributed by atoms with Crippen LogP contribution in [0.15, 0.2) is 12.1 Å². The number of nitrogens with one attached hydrogen (secondary N) is 2. The average Bonchev–Trinajstić information content (AvgIpc) is 2.35. The summed E-state index contributed by atoms with van der Waals surface area (Å²) in [6, 6.07) is 3.51. The first-order chi connectivity index (χ1) is 8.56. The molecule has 1 rings (SSSR count). The van der Waals surface area contributed by atoms with Crippen molar-refractivity contribution >= 4 is 34.8 Å². The van der Waals surface area contributed by atoms with Gasteiger partial charge < -0.3 is 15.4 Å². The molecule has 0 saturated heterocycles. The highest BCUT2D eigenvalue weighted by atomic mass is 35.5. The Morgan fingerprint density at radius 1 is 1.39 bits per heavy atom. The maximum atomic E-state index is 11.7. The van der Waals surface area contributed by atoms with Gasteiger partial charge in [0.2, 0.25) is 5.91 Å². The number of halogens is 2. The van der Waals surface area contributed by atoms with Crippen LogP contribution in [0.4, 0.5) is 5.69 Å². The predicted molar refractivity (Wildman–Crippen MR) is 74.6 cm³/mol. The van der Waals surface area contributed by atoms with Crippen LogP contribution in [-0.4, -0.2) is 32.7 Å². The highest BCUT2D eigenvalue weighted by Crippen LogP contribution is 2.32. The van der Waals surface area contributed by atoms with Gasteiger partial charge in [-0.3, -0.25) is 4.79 Å². The summed E-state index contributed by atoms with van der Waals surface area (Å²) in [5.74, 6) is -0.194. The molecule has 4 nitrogen and oxygen atoms in total. The van der Waals surface area contributed by atoms with E-state index in [2.05, 4.69) is 10.6 Å². The summed E-state index contributed by atoms with van der Waals surface area (Å²) in [5.41, 5.74) is 1.32. The van der Waals surface area contributed by atoms with E-state index in [9.17, 15) is 4.79 Å². The van der Waals surface area contributed by atoms with Crippen molar-refractivity contribution in [1.29, 1.82) is 0 Å². The van der Waals surface area contributed by atoms with Gasteiger partial charge in [-0.1, -0.05) is 29.3 Å². The van der Waals surface area contributed by atoms with E-state index < -0.39 is 0 Å². The molecule has 1 amide bonds. The van der Waals surface area contributed by atoms with Crippen LogP contribution < -0.4 is 10.6 Å². The molecule has 100 valence electrons. The Hall–Kier alpha value is -0.810. The molecule has 0 spiro atoms. The van der Waals surface area contributed by atoms with Gasteiger partial charge in [-0.15, -0.1) is 0 Å². The predicted octanol–water partition coefficient (Wildman–Crippen LogP) is 2.48. The molecule has 0 unspecified atom stereocenters. The molecule has 0 fully saturated rings. The maximum Gasteiger partial charge on any atom is 0.238 e. The SMILES string of the molecule is COCCNCC(=O)Nc1c(Cl)ccc(C)c1Cl. The molecule has 0 heterocycles. The number of rotatable bonds is 6. The first-order valence-electron chi connectivity index (χ1n) is 5.50. The van der Waals surface area contributed by atoms with Crippen molar-refractivity contribution < 1.29 is 9.53 Å². The number of carbonyl (C=O) groups is 1. The first kappa shape index (κ1) is 15.2. The molecule has 0 saturated carbocycles. The van der Waals surface area contributed by atoms with Gasteiger partial charge in [0.05, 0.1) is 28.9 Å². The second kappa shape index (κ2) is 7.59. The monoisotopic (exact) mass is 290 g/mol. The third-order valence-corrected chi connectivity index (χ3v) is 3.12. The lowest BCUT2D eigenvalue weighted by Gasteiger charge is -2.11. The molecule has 0 aliphatic rings. The first-order valence-corrected chi connectivity index (χ1v) is 6.26. The highest BCUT2D eigenvalue weighted by molar-refractivity contribution is 6.40. The summed E-state index contributed by atoms with van der Waals surface area (Å²) in [7, 11) is 1.61. The van der Waals surface area contributed by atoms with Gasteiger partial charge in [0, 0.05) is 13.7 Å². The molecule has 1 aromatic rings. The van der Waals surface area contributed by atoms with Crippen molar-refractivity contribution in [2.45, 2.75) is 6.92 Å². The smallest absolute Gasteiger partial charge is 0.238 e. The van der Waals surface area contributed by atoms with E-state index in [-0.39, 0.29) is 12.5 Å². The molecule has 1 aromatic carbocycles. The van der Waals surface area contributed by atoms with Gasteiger partial charge in [0.1, 0.15) is 0 Å². The number of hydrogen-bond donors (Lipinski definition) is 2. The second-order valence-corrected chi connectivity index (χ2v) is 4.56. The molecule has 2 N–H and O–H groups in total. The van der Waals surface area contributed by atoms with E-state index in [4.69, 9.17) is 27.9 Å². The topological polar surface area (TPSA) is 50.4 Å². The summed E-state index contributed by atoms with van der Waals surface area (Å²) in [4.78, 5) is 11.7. The summed E-state index contributed by atoms with van der Waals surface area (Å²) in [6.07, 6.45) is 0. The second-order valence-electron chi connectivity index (χ2n) is 3.77. The molecule has 0 aliphatic carbocycles. The largest absolute Gasteiger partial charge is 0.383 e. The molecular formula is C12H16Cl2N2O2. The van der Waals surface area contributed by atoms with Crippen molar-refractivity contribution in [1.82, 2.24) is 5.32 Å². The summed E-state index contributed by atoms with van der Waals surface area (Å²) >= 11 is 12.1. The van der Waals surface area contributed by atoms with Crippen molar-refractivity contribution in [3.63, 3.8) is 0 Å². The highest BCUT2D eigenvalue weighted by Gasteiger charge is 2.11. The van der Waals surface area contributed by atoms with Gasteiger partial charge >= 0.3 is 0 Å². The number of ether oxygens (including phenoxy) is 1. The molecule has 18 heavy (non-hydrogen) atoms. The molecule has 0 aromatic heterocycles. The minimum Gasteiger partial charge on any atom is -0.383 e. The Labute approximate surface area is 117 Å². The van der Waals surface area contributed by atoms with E-state index in [1.54, 1.807) is 19.2 Å². The van der Waals surface area contributed by atoms with Crippen molar-refractivity contribution in [2.75, 3.05) is 32.1 Å². The Balaban J connectivity index is 2.57. The summed E-state index contributed by atoms with van der Waals surface area (Å²) in [6.45, 7) is 3.20. The van der Waals surface area contributed by atoms with Crippen LogP contribution in [0.3, 0.4) is 0 Å². The summed E-state index contributed by atoms with van der Waals surface area (Å²) in [5, 5.41) is 6.52. The average molecular weight is 291 g/mol. The van der Waals surface area contributed by atoms with E-state index >= 15 is 0 Å². The third kappa shape index (κ3) is 4.46. The number of methoxy groups -OCH3 is 1. The van der Waals surface area contributed by atoms with Crippen molar-refractivity contribution in [3.05, 3.63) is 27.7 Å². The van der Waals surface area contributed by atoms with Crippen LogP contribution in [0, 0.1) is 6.92 Å². The minimum atomic E-state index is -0.194. The number of anilines is 1. The Morgan fingerprint density at radius 2 is 2.11 bits per heavy atom. The van der Waals surface area contributed by atoms with E-state index in [0.29, 0.717) is 28.9 Å². The fraction of sp³-hybridized carbons (Fsp3) is 0.417. The normalized spacial score (nSPS) is 10.4.